The number of allylic oxidation sites excluding steroid dienone is 4. The quantitative estimate of drug-likeness (QED) is 0.0169. The van der Waals surface area contributed by atoms with Gasteiger partial charge in [-0.1, -0.05) is 303 Å². The van der Waals surface area contributed by atoms with Crippen molar-refractivity contribution >= 4 is 39.5 Å². The third-order valence-corrected chi connectivity index (χ3v) is 18.5. The Bertz CT molecular complexity index is 1900. The topological polar surface area (TPSA) is 237 Å². The Morgan fingerprint density at radius 3 is 0.882 bits per heavy atom. The number of hydrogen-bond donors (Lipinski definition) is 3. The van der Waals surface area contributed by atoms with E-state index in [0.717, 1.165) is 115 Å². The maximum absolute atomic E-state index is 13.1. The van der Waals surface area contributed by atoms with Crippen LogP contribution in [0.4, 0.5) is 0 Å². The zero-order valence-electron chi connectivity index (χ0n) is 60.0. The molecule has 93 heavy (non-hydrogen) atoms. The average Bonchev–Trinajstić information content (AvgIpc) is 1.87. The summed E-state index contributed by atoms with van der Waals surface area (Å²) in [5.41, 5.74) is 0. The summed E-state index contributed by atoms with van der Waals surface area (Å²) in [6.45, 7) is 9.47. The van der Waals surface area contributed by atoms with Gasteiger partial charge in [-0.15, -0.1) is 0 Å². The highest BCUT2D eigenvalue weighted by atomic mass is 31.2. The van der Waals surface area contributed by atoms with Crippen LogP contribution in [-0.4, -0.2) is 96.7 Å². The van der Waals surface area contributed by atoms with Gasteiger partial charge in [-0.05, 0) is 63.2 Å². The number of aliphatic hydroxyl groups is 1. The second-order valence-corrected chi connectivity index (χ2v) is 29.9. The predicted octanol–water partition coefficient (Wildman–Crippen LogP) is 21.1. The van der Waals surface area contributed by atoms with Gasteiger partial charge in [-0.25, -0.2) is 9.13 Å². The first-order chi connectivity index (χ1) is 44.9. The van der Waals surface area contributed by atoms with Crippen LogP contribution in [-0.2, 0) is 65.4 Å². The van der Waals surface area contributed by atoms with Crippen molar-refractivity contribution in [2.75, 3.05) is 39.6 Å². The molecule has 3 N–H and O–H groups in total. The van der Waals surface area contributed by atoms with E-state index in [1.807, 2.05) is 0 Å². The lowest BCUT2D eigenvalue weighted by Gasteiger charge is -2.21. The average molecular weight is 1360 g/mol. The van der Waals surface area contributed by atoms with E-state index in [4.69, 9.17) is 37.0 Å². The predicted molar refractivity (Wildman–Crippen MR) is 377 cm³/mol. The van der Waals surface area contributed by atoms with Crippen LogP contribution in [0.5, 0.6) is 0 Å². The number of phosphoric ester groups is 2. The van der Waals surface area contributed by atoms with Gasteiger partial charge in [-0.2, -0.15) is 0 Å². The lowest BCUT2D eigenvalue weighted by Crippen LogP contribution is -2.30. The normalized spacial score (nSPS) is 14.2. The molecule has 0 radical (unpaired) electrons. The number of carbonyl (C=O) groups excluding carboxylic acids is 4. The Labute approximate surface area is 567 Å². The van der Waals surface area contributed by atoms with E-state index in [1.54, 1.807) is 0 Å². The van der Waals surface area contributed by atoms with Crippen LogP contribution in [0.25, 0.3) is 0 Å². The molecule has 0 heterocycles. The number of ether oxygens (including phenoxy) is 4. The third-order valence-electron chi connectivity index (χ3n) is 16.6. The van der Waals surface area contributed by atoms with Crippen molar-refractivity contribution in [3.05, 3.63) is 24.3 Å². The summed E-state index contributed by atoms with van der Waals surface area (Å²) in [5, 5.41) is 10.6. The van der Waals surface area contributed by atoms with Gasteiger partial charge in [0, 0.05) is 25.7 Å². The van der Waals surface area contributed by atoms with Gasteiger partial charge >= 0.3 is 39.5 Å². The van der Waals surface area contributed by atoms with Crippen molar-refractivity contribution in [3.63, 3.8) is 0 Å². The zero-order chi connectivity index (χ0) is 68.6. The summed E-state index contributed by atoms with van der Waals surface area (Å²) < 4.78 is 68.4. The molecule has 0 aromatic carbocycles. The number of phosphoric acid groups is 2. The van der Waals surface area contributed by atoms with E-state index in [2.05, 4.69) is 65.8 Å². The standard InChI is InChI=1S/C74H140O17P2/c1-7-9-11-13-15-17-19-21-22-24-30-34-40-47-53-59-74(79)90-69(62-84-71(76)56-50-44-38-32-28-26-25-27-31-36-42-48-54-66(3)4)64-88-92(80,81)86-60-68(75)61-87-93(82,83)89-65-70(63-85-72(77)57-51-45-41-35-37-43-49-55-67(5)6)91-73(78)58-52-46-39-33-29-23-20-18-16-14-12-10-8-2/h17,19,21-22,66-70,75H,7-16,18,20,23-65H2,1-6H3,(H,80,81)(H,82,83)/b19-17-,22-21-/t68-,69-,70-/m1/s1. The highest BCUT2D eigenvalue weighted by molar-refractivity contribution is 7.47. The van der Waals surface area contributed by atoms with Gasteiger partial charge in [0.15, 0.2) is 12.2 Å². The number of carbonyl (C=O) groups is 4. The van der Waals surface area contributed by atoms with Crippen LogP contribution in [0, 0.1) is 11.8 Å². The van der Waals surface area contributed by atoms with Crippen LogP contribution < -0.4 is 0 Å². The smallest absolute Gasteiger partial charge is 0.462 e. The van der Waals surface area contributed by atoms with E-state index < -0.39 is 97.5 Å². The number of hydrogen-bond acceptors (Lipinski definition) is 15. The number of unbranched alkanes of at least 4 members (excludes halogenated alkanes) is 38. The minimum absolute atomic E-state index is 0.0849. The summed E-state index contributed by atoms with van der Waals surface area (Å²) in [6, 6.07) is 0. The van der Waals surface area contributed by atoms with Gasteiger partial charge in [0.25, 0.3) is 0 Å². The first-order valence-corrected chi connectivity index (χ1v) is 40.8. The largest absolute Gasteiger partial charge is 0.472 e. The Morgan fingerprint density at radius 2 is 0.581 bits per heavy atom. The van der Waals surface area contributed by atoms with Crippen molar-refractivity contribution in [1.29, 1.82) is 0 Å². The van der Waals surface area contributed by atoms with E-state index in [-0.39, 0.29) is 25.7 Å². The lowest BCUT2D eigenvalue weighted by molar-refractivity contribution is -0.161. The molecule has 0 aliphatic carbocycles. The fourth-order valence-corrected chi connectivity index (χ4v) is 12.3. The summed E-state index contributed by atoms with van der Waals surface area (Å²) >= 11 is 0. The number of esters is 4. The van der Waals surface area contributed by atoms with E-state index in [1.165, 1.54) is 154 Å². The van der Waals surface area contributed by atoms with Gasteiger partial charge in [0.2, 0.25) is 0 Å². The molecule has 0 aromatic heterocycles. The van der Waals surface area contributed by atoms with Gasteiger partial charge in [0.05, 0.1) is 26.4 Å². The van der Waals surface area contributed by atoms with Crippen molar-refractivity contribution in [3.8, 4) is 0 Å². The van der Waals surface area contributed by atoms with Gasteiger partial charge in [0.1, 0.15) is 19.3 Å². The summed E-state index contributed by atoms with van der Waals surface area (Å²) in [5.74, 6) is -0.666. The second kappa shape index (κ2) is 65.5. The van der Waals surface area contributed by atoms with Crippen molar-refractivity contribution in [1.82, 2.24) is 0 Å². The third kappa shape index (κ3) is 67.9. The molecule has 0 aromatic rings. The highest BCUT2D eigenvalue weighted by Crippen LogP contribution is 2.45. The molecule has 0 amide bonds. The Balaban J connectivity index is 5.29. The fourth-order valence-electron chi connectivity index (χ4n) is 10.8. The minimum atomic E-state index is -4.96. The van der Waals surface area contributed by atoms with Crippen LogP contribution in [0.2, 0.25) is 0 Å². The molecule has 548 valence electrons. The first-order valence-electron chi connectivity index (χ1n) is 37.8. The molecule has 0 bridgehead atoms. The Kier molecular flexibility index (Phi) is 63.7. The van der Waals surface area contributed by atoms with Crippen LogP contribution in [0.1, 0.15) is 356 Å². The summed E-state index contributed by atoms with van der Waals surface area (Å²) in [6.07, 6.45) is 54.9. The van der Waals surface area contributed by atoms with E-state index >= 15 is 0 Å². The van der Waals surface area contributed by atoms with Crippen LogP contribution in [0.3, 0.4) is 0 Å². The molecule has 5 atom stereocenters. The van der Waals surface area contributed by atoms with Crippen molar-refractivity contribution in [2.24, 2.45) is 11.8 Å². The molecule has 19 heteroatoms. The maximum atomic E-state index is 13.1. The number of aliphatic hydroxyl groups excluding tert-OH is 1. The molecule has 0 saturated carbocycles. The minimum Gasteiger partial charge on any atom is -0.462 e. The SMILES string of the molecule is CCCCCC/C=C\C=C/CCCCCCCC(=O)O[C@H](COC(=O)CCCCCCCCCCCCCCC(C)C)COP(=O)(O)OC[C@@H](O)COP(=O)(O)OC[C@@H](COC(=O)CCCCCCCCCC(C)C)OC(=O)CCCCCCCCCCCCCCC. The van der Waals surface area contributed by atoms with Crippen LogP contribution in [0.15, 0.2) is 24.3 Å². The zero-order valence-corrected chi connectivity index (χ0v) is 61.8. The molecule has 0 aliphatic heterocycles. The molecule has 2 unspecified atom stereocenters. The monoisotopic (exact) mass is 1360 g/mol. The fraction of sp³-hybridized carbons (Fsp3) is 0.892. The highest BCUT2D eigenvalue weighted by Gasteiger charge is 2.30. The molecule has 0 spiro atoms. The van der Waals surface area contributed by atoms with Crippen molar-refractivity contribution in [2.45, 2.75) is 374 Å². The first kappa shape index (κ1) is 90.5. The Morgan fingerprint density at radius 1 is 0.333 bits per heavy atom. The molecular formula is C74H140O17P2. The van der Waals surface area contributed by atoms with Crippen molar-refractivity contribution < 1.29 is 80.2 Å². The van der Waals surface area contributed by atoms with E-state index in [0.29, 0.717) is 31.6 Å². The molecule has 0 fully saturated rings. The summed E-state index contributed by atoms with van der Waals surface area (Å²) in [4.78, 5) is 72.7. The second-order valence-electron chi connectivity index (χ2n) is 27.0. The number of rotatable bonds is 71. The molecular weight excluding hydrogens is 1220 g/mol. The van der Waals surface area contributed by atoms with Gasteiger partial charge < -0.3 is 33.8 Å². The molecule has 0 rings (SSSR count). The van der Waals surface area contributed by atoms with E-state index in [9.17, 15) is 43.2 Å². The molecule has 17 nitrogen and oxygen atoms in total. The lowest BCUT2D eigenvalue weighted by atomic mass is 10.0. The Hall–Kier alpha value is -2.46. The molecule has 0 saturated heterocycles. The summed E-state index contributed by atoms with van der Waals surface area (Å²) in [7, 11) is -9.92. The van der Waals surface area contributed by atoms with Crippen LogP contribution >= 0.6 is 15.6 Å². The molecule has 0 aliphatic rings. The maximum Gasteiger partial charge on any atom is 0.472 e. The van der Waals surface area contributed by atoms with Gasteiger partial charge in [-0.3, -0.25) is 37.3 Å².